The molecule has 0 atom stereocenters. The van der Waals surface area contributed by atoms with Gasteiger partial charge in [0, 0.05) is 23.6 Å². The van der Waals surface area contributed by atoms with Gasteiger partial charge in [-0.25, -0.2) is 4.98 Å². The highest BCUT2D eigenvalue weighted by molar-refractivity contribution is 7.09. The second kappa shape index (κ2) is 10.1. The topological polar surface area (TPSA) is 73.6 Å². The molecule has 8 heteroatoms. The van der Waals surface area contributed by atoms with E-state index in [1.54, 1.807) is 35.9 Å². The van der Waals surface area contributed by atoms with Crippen molar-refractivity contribution in [3.05, 3.63) is 69.5 Å². The number of benzene rings is 1. The van der Waals surface area contributed by atoms with Crippen molar-refractivity contribution in [2.24, 2.45) is 0 Å². The summed E-state index contributed by atoms with van der Waals surface area (Å²) in [7, 11) is 0. The van der Waals surface area contributed by atoms with Crippen molar-refractivity contribution in [1.82, 2.24) is 10.3 Å². The second-order valence-corrected chi connectivity index (χ2v) is 6.99. The fraction of sp³-hybridized carbons (Fsp3) is 0.263. The summed E-state index contributed by atoms with van der Waals surface area (Å²) in [6.07, 6.45) is 2.32. The molecule has 0 aliphatic rings. The number of nitrogens with zero attached hydrogens (tertiary/aromatic N) is 1. The number of aromatic nitrogens is 1. The van der Waals surface area contributed by atoms with Gasteiger partial charge in [-0.2, -0.15) is 0 Å². The van der Waals surface area contributed by atoms with Gasteiger partial charge in [-0.05, 0) is 42.8 Å². The van der Waals surface area contributed by atoms with E-state index in [1.807, 2.05) is 12.1 Å². The number of amides is 1. The first-order chi connectivity index (χ1) is 13.2. The molecule has 2 aromatic heterocycles. The van der Waals surface area contributed by atoms with Gasteiger partial charge in [0.25, 0.3) is 5.91 Å². The van der Waals surface area contributed by atoms with Crippen LogP contribution < -0.4 is 10.1 Å². The van der Waals surface area contributed by atoms with Crippen molar-refractivity contribution in [1.29, 1.82) is 0 Å². The zero-order valence-corrected chi connectivity index (χ0v) is 16.1. The summed E-state index contributed by atoms with van der Waals surface area (Å²) in [5, 5.41) is 5.95. The average molecular weight is 407 g/mol. The SMILES string of the molecule is O=C(NCCCOCc1ccco1)c1csc(COc2ccc(Cl)cc2)n1. The lowest BCUT2D eigenvalue weighted by molar-refractivity contribution is 0.0913. The molecule has 142 valence electrons. The molecule has 3 rings (SSSR count). The molecule has 6 nitrogen and oxygen atoms in total. The van der Waals surface area contributed by atoms with Crippen LogP contribution in [0.4, 0.5) is 0 Å². The van der Waals surface area contributed by atoms with E-state index < -0.39 is 0 Å². The van der Waals surface area contributed by atoms with Crippen LogP contribution in [0.15, 0.2) is 52.5 Å². The van der Waals surface area contributed by atoms with Crippen LogP contribution in [-0.4, -0.2) is 24.0 Å². The molecule has 0 bridgehead atoms. The summed E-state index contributed by atoms with van der Waals surface area (Å²) in [6.45, 7) is 1.80. The van der Waals surface area contributed by atoms with Crippen LogP contribution in [0.3, 0.4) is 0 Å². The van der Waals surface area contributed by atoms with Crippen molar-refractivity contribution >= 4 is 28.8 Å². The molecule has 0 spiro atoms. The van der Waals surface area contributed by atoms with E-state index >= 15 is 0 Å². The van der Waals surface area contributed by atoms with Gasteiger partial charge in [-0.3, -0.25) is 4.79 Å². The van der Waals surface area contributed by atoms with Crippen molar-refractivity contribution < 1.29 is 18.7 Å². The molecule has 1 N–H and O–H groups in total. The molecule has 0 fully saturated rings. The highest BCUT2D eigenvalue weighted by Crippen LogP contribution is 2.18. The smallest absolute Gasteiger partial charge is 0.270 e. The molecule has 0 unspecified atom stereocenters. The van der Waals surface area contributed by atoms with Crippen LogP contribution in [0.25, 0.3) is 0 Å². The van der Waals surface area contributed by atoms with Gasteiger partial charge < -0.3 is 19.2 Å². The monoisotopic (exact) mass is 406 g/mol. The minimum atomic E-state index is -0.199. The van der Waals surface area contributed by atoms with Crippen molar-refractivity contribution in [2.45, 2.75) is 19.6 Å². The first kappa shape index (κ1) is 19.4. The maximum atomic E-state index is 12.1. The van der Waals surface area contributed by atoms with E-state index in [0.717, 1.165) is 10.8 Å². The van der Waals surface area contributed by atoms with Crippen molar-refractivity contribution in [2.75, 3.05) is 13.2 Å². The molecule has 0 radical (unpaired) electrons. The van der Waals surface area contributed by atoms with Gasteiger partial charge >= 0.3 is 0 Å². The van der Waals surface area contributed by atoms with E-state index in [9.17, 15) is 4.79 Å². The Morgan fingerprint density at radius 1 is 1.22 bits per heavy atom. The highest BCUT2D eigenvalue weighted by atomic mass is 35.5. The minimum absolute atomic E-state index is 0.199. The van der Waals surface area contributed by atoms with Crippen LogP contribution in [0.2, 0.25) is 5.02 Å². The predicted molar refractivity (Wildman–Crippen MR) is 103 cm³/mol. The minimum Gasteiger partial charge on any atom is -0.486 e. The number of furan rings is 1. The third-order valence-electron chi connectivity index (χ3n) is 3.54. The Bertz CT molecular complexity index is 834. The summed E-state index contributed by atoms with van der Waals surface area (Å²) >= 11 is 7.23. The Kier molecular flexibility index (Phi) is 7.27. The maximum Gasteiger partial charge on any atom is 0.270 e. The zero-order chi connectivity index (χ0) is 18.9. The highest BCUT2D eigenvalue weighted by Gasteiger charge is 2.10. The largest absolute Gasteiger partial charge is 0.486 e. The number of nitrogens with one attached hydrogen (secondary N) is 1. The van der Waals surface area contributed by atoms with Gasteiger partial charge in [0.1, 0.15) is 35.4 Å². The number of ether oxygens (including phenoxy) is 2. The fourth-order valence-electron chi connectivity index (χ4n) is 2.19. The summed E-state index contributed by atoms with van der Waals surface area (Å²) in [5.41, 5.74) is 0.395. The van der Waals surface area contributed by atoms with Crippen LogP contribution in [-0.2, 0) is 18.0 Å². The van der Waals surface area contributed by atoms with E-state index in [2.05, 4.69) is 10.3 Å². The molecule has 0 aliphatic carbocycles. The fourth-order valence-corrected chi connectivity index (χ4v) is 3.00. The lowest BCUT2D eigenvalue weighted by Crippen LogP contribution is -2.25. The number of carbonyl (C=O) groups is 1. The van der Waals surface area contributed by atoms with Gasteiger partial charge in [-0.15, -0.1) is 11.3 Å². The van der Waals surface area contributed by atoms with Crippen LogP contribution in [0.1, 0.15) is 27.7 Å². The Morgan fingerprint density at radius 2 is 2.07 bits per heavy atom. The van der Waals surface area contributed by atoms with Gasteiger partial charge in [0.2, 0.25) is 0 Å². The number of hydrogen-bond donors (Lipinski definition) is 1. The number of rotatable bonds is 10. The normalized spacial score (nSPS) is 10.7. The number of thiazole rings is 1. The van der Waals surface area contributed by atoms with Gasteiger partial charge in [0.05, 0.1) is 6.26 Å². The standard InChI is InChI=1S/C19H19ClN2O4S/c20-14-4-6-15(7-5-14)26-12-18-22-17(13-27-18)19(23)21-8-2-9-24-11-16-3-1-10-25-16/h1,3-7,10,13H,2,8-9,11-12H2,(H,21,23). The zero-order valence-electron chi connectivity index (χ0n) is 14.5. The summed E-state index contributed by atoms with van der Waals surface area (Å²) in [5.74, 6) is 1.29. The number of hydrogen-bond acceptors (Lipinski definition) is 6. The predicted octanol–water partition coefficient (Wildman–Crippen LogP) is 4.31. The van der Waals surface area contributed by atoms with Crippen molar-refractivity contribution in [3.63, 3.8) is 0 Å². The van der Waals surface area contributed by atoms with Crippen LogP contribution in [0, 0.1) is 0 Å². The Labute approximate surface area is 166 Å². The van der Waals surface area contributed by atoms with Crippen LogP contribution >= 0.6 is 22.9 Å². The maximum absolute atomic E-state index is 12.1. The first-order valence-corrected chi connectivity index (χ1v) is 9.67. The molecule has 0 aliphatic heterocycles. The molecule has 3 aromatic rings. The van der Waals surface area contributed by atoms with Crippen LogP contribution in [0.5, 0.6) is 5.75 Å². The Morgan fingerprint density at radius 3 is 2.85 bits per heavy atom. The first-order valence-electron chi connectivity index (χ1n) is 8.42. The third-order valence-corrected chi connectivity index (χ3v) is 4.61. The van der Waals surface area contributed by atoms with E-state index in [0.29, 0.717) is 49.3 Å². The average Bonchev–Trinajstić information content (AvgIpc) is 3.36. The molecule has 1 amide bonds. The molecule has 0 saturated heterocycles. The molecular weight excluding hydrogens is 388 g/mol. The lowest BCUT2D eigenvalue weighted by Gasteiger charge is -2.04. The lowest BCUT2D eigenvalue weighted by atomic mass is 10.3. The van der Waals surface area contributed by atoms with E-state index in [-0.39, 0.29) is 5.91 Å². The van der Waals surface area contributed by atoms with E-state index in [4.69, 9.17) is 25.5 Å². The summed E-state index contributed by atoms with van der Waals surface area (Å²) in [6, 6.07) is 10.8. The summed E-state index contributed by atoms with van der Waals surface area (Å²) in [4.78, 5) is 16.4. The molecule has 1 aromatic carbocycles. The second-order valence-electron chi connectivity index (χ2n) is 5.61. The third kappa shape index (κ3) is 6.39. The summed E-state index contributed by atoms with van der Waals surface area (Å²) < 4.78 is 16.3. The van der Waals surface area contributed by atoms with Gasteiger partial charge in [0.15, 0.2) is 0 Å². The number of carbonyl (C=O) groups excluding carboxylic acids is 1. The Balaban J connectivity index is 1.33. The Hall–Kier alpha value is -2.35. The molecule has 2 heterocycles. The molecular formula is C19H19ClN2O4S. The van der Waals surface area contributed by atoms with Gasteiger partial charge in [-0.1, -0.05) is 11.6 Å². The van der Waals surface area contributed by atoms with Crippen molar-refractivity contribution in [3.8, 4) is 5.75 Å². The molecule has 27 heavy (non-hydrogen) atoms. The molecule has 0 saturated carbocycles. The number of halogens is 1. The van der Waals surface area contributed by atoms with E-state index in [1.165, 1.54) is 11.3 Å². The quantitative estimate of drug-likeness (QED) is 0.508.